The van der Waals surface area contributed by atoms with E-state index in [9.17, 15) is 14.4 Å². The third-order valence-corrected chi connectivity index (χ3v) is 7.93. The fourth-order valence-electron chi connectivity index (χ4n) is 5.91. The highest BCUT2D eigenvalue weighted by molar-refractivity contribution is 6.05. The molecule has 8 heteroatoms. The first-order chi connectivity index (χ1) is 16.5. The fraction of sp³-hybridized carbons (Fsp3) is 0.615. The predicted octanol–water partition coefficient (Wildman–Crippen LogP) is 2.67. The van der Waals surface area contributed by atoms with E-state index in [1.165, 1.54) is 0 Å². The largest absolute Gasteiger partial charge is 0.489 e. The molecule has 3 fully saturated rings. The molecular formula is C26H32N4O4. The molecule has 4 aliphatic rings. The van der Waals surface area contributed by atoms with Crippen molar-refractivity contribution in [3.05, 3.63) is 29.3 Å². The number of amides is 3. The van der Waals surface area contributed by atoms with Gasteiger partial charge in [-0.2, -0.15) is 5.26 Å². The van der Waals surface area contributed by atoms with Gasteiger partial charge in [0, 0.05) is 30.5 Å². The van der Waals surface area contributed by atoms with Gasteiger partial charge in [0.05, 0.1) is 6.07 Å². The van der Waals surface area contributed by atoms with Crippen LogP contribution in [0.4, 0.5) is 0 Å². The molecule has 2 saturated carbocycles. The van der Waals surface area contributed by atoms with Gasteiger partial charge < -0.3 is 15.0 Å². The number of piperidine rings is 1. The second kappa shape index (κ2) is 9.75. The Kier molecular flexibility index (Phi) is 6.55. The Hall–Kier alpha value is -2.92. The quantitative estimate of drug-likeness (QED) is 0.626. The van der Waals surface area contributed by atoms with E-state index < -0.39 is 11.9 Å². The van der Waals surface area contributed by atoms with Crippen LogP contribution in [0, 0.1) is 23.2 Å². The van der Waals surface area contributed by atoms with Crippen LogP contribution in [0.5, 0.6) is 5.75 Å². The number of rotatable bonds is 6. The number of hydrogen-bond acceptors (Lipinski definition) is 6. The molecule has 0 radical (unpaired) electrons. The van der Waals surface area contributed by atoms with Crippen LogP contribution in [0.2, 0.25) is 0 Å². The number of ether oxygens (including phenoxy) is 1. The van der Waals surface area contributed by atoms with Crippen LogP contribution >= 0.6 is 0 Å². The van der Waals surface area contributed by atoms with Crippen LogP contribution in [0.15, 0.2) is 18.2 Å². The first-order valence-corrected chi connectivity index (χ1v) is 12.6. The summed E-state index contributed by atoms with van der Waals surface area (Å²) in [6.07, 6.45) is 8.17. The van der Waals surface area contributed by atoms with Crippen molar-refractivity contribution in [2.75, 3.05) is 6.54 Å². The Balaban J connectivity index is 1.18. The van der Waals surface area contributed by atoms with E-state index in [0.717, 1.165) is 62.8 Å². The van der Waals surface area contributed by atoms with Crippen LogP contribution in [0.3, 0.4) is 0 Å². The second-order valence-corrected chi connectivity index (χ2v) is 10.2. The van der Waals surface area contributed by atoms with Crippen molar-refractivity contribution < 1.29 is 19.1 Å². The highest BCUT2D eigenvalue weighted by atomic mass is 16.5. The Morgan fingerprint density at radius 2 is 1.91 bits per heavy atom. The van der Waals surface area contributed by atoms with Crippen LogP contribution in [0.25, 0.3) is 0 Å². The number of nitrogens with zero attached hydrogens (tertiary/aromatic N) is 2. The molecule has 5 rings (SSSR count). The number of nitrogens with one attached hydrogen (secondary N) is 2. The van der Waals surface area contributed by atoms with Gasteiger partial charge in [0.25, 0.3) is 5.91 Å². The van der Waals surface area contributed by atoms with Gasteiger partial charge >= 0.3 is 0 Å². The summed E-state index contributed by atoms with van der Waals surface area (Å²) in [5.74, 6) is 0.782. The zero-order valence-electron chi connectivity index (χ0n) is 19.4. The third kappa shape index (κ3) is 4.67. The summed E-state index contributed by atoms with van der Waals surface area (Å²) < 4.78 is 6.38. The van der Waals surface area contributed by atoms with Gasteiger partial charge in [-0.05, 0) is 87.6 Å². The van der Waals surface area contributed by atoms with Gasteiger partial charge in [-0.1, -0.05) is 0 Å². The van der Waals surface area contributed by atoms with Crippen molar-refractivity contribution in [1.29, 1.82) is 5.26 Å². The Bertz CT molecular complexity index is 1010. The molecule has 0 bridgehead atoms. The molecule has 2 aliphatic carbocycles. The monoisotopic (exact) mass is 464 g/mol. The molecule has 34 heavy (non-hydrogen) atoms. The minimum atomic E-state index is -0.603. The maximum Gasteiger partial charge on any atom is 0.255 e. The van der Waals surface area contributed by atoms with E-state index >= 15 is 0 Å². The van der Waals surface area contributed by atoms with Gasteiger partial charge in [-0.15, -0.1) is 0 Å². The number of benzene rings is 1. The van der Waals surface area contributed by atoms with Crippen LogP contribution in [-0.4, -0.2) is 47.4 Å². The molecule has 2 heterocycles. The number of nitriles is 1. The second-order valence-electron chi connectivity index (χ2n) is 10.2. The standard InChI is InChI=1S/C26H32N4O4/c27-13-16-4-6-17(7-5-16)14-28-21-2-1-3-23(21)34-19-8-9-20-18(12-19)15-30(26(20)33)22-10-11-24(31)29-25(22)32/h8-9,12,16-17,21-23,28H,1-7,10-11,14-15H2,(H,29,31,32)/t16?,17?,21-,22?,23+/m1/s1. The van der Waals surface area contributed by atoms with Crippen LogP contribution < -0.4 is 15.4 Å². The van der Waals surface area contributed by atoms with Crippen molar-refractivity contribution in [3.8, 4) is 11.8 Å². The molecule has 1 aromatic rings. The molecule has 2 aliphatic heterocycles. The third-order valence-electron chi connectivity index (χ3n) is 7.93. The number of imide groups is 1. The minimum Gasteiger partial charge on any atom is -0.489 e. The van der Waals surface area contributed by atoms with E-state index in [1.54, 1.807) is 11.0 Å². The van der Waals surface area contributed by atoms with E-state index in [-0.39, 0.29) is 30.3 Å². The molecule has 0 spiro atoms. The summed E-state index contributed by atoms with van der Waals surface area (Å²) in [5, 5.41) is 15.2. The lowest BCUT2D eigenvalue weighted by Gasteiger charge is -2.29. The summed E-state index contributed by atoms with van der Waals surface area (Å²) in [5.41, 5.74) is 1.47. The van der Waals surface area contributed by atoms with Crippen molar-refractivity contribution in [2.45, 2.75) is 82.5 Å². The lowest BCUT2D eigenvalue weighted by Crippen LogP contribution is -2.52. The molecule has 1 unspecified atom stereocenters. The SMILES string of the molecule is N#CC1CCC(CN[C@@H]2CCC[C@@H]2Oc2ccc3c(c2)CN(C2CCC(=O)NC2=O)C3=O)CC1. The molecule has 1 saturated heterocycles. The van der Waals surface area contributed by atoms with Crippen molar-refractivity contribution >= 4 is 17.7 Å². The predicted molar refractivity (Wildman–Crippen MR) is 124 cm³/mol. The van der Waals surface area contributed by atoms with Crippen molar-refractivity contribution in [3.63, 3.8) is 0 Å². The molecule has 3 atom stereocenters. The normalized spacial score (nSPS) is 31.2. The average molecular weight is 465 g/mol. The summed E-state index contributed by atoms with van der Waals surface area (Å²) in [6, 6.07) is 7.68. The van der Waals surface area contributed by atoms with E-state index in [4.69, 9.17) is 10.00 Å². The molecular weight excluding hydrogens is 432 g/mol. The number of carbonyl (C=O) groups is 3. The molecule has 8 nitrogen and oxygen atoms in total. The lowest BCUT2D eigenvalue weighted by atomic mass is 9.82. The molecule has 2 N–H and O–H groups in total. The fourth-order valence-corrected chi connectivity index (χ4v) is 5.91. The zero-order chi connectivity index (χ0) is 23.7. The molecule has 1 aromatic carbocycles. The summed E-state index contributed by atoms with van der Waals surface area (Å²) in [4.78, 5) is 38.2. The number of fused-ring (bicyclic) bond motifs is 1. The number of carbonyl (C=O) groups excluding carboxylic acids is 3. The topological polar surface area (TPSA) is 112 Å². The Labute approximate surface area is 200 Å². The number of hydrogen-bond donors (Lipinski definition) is 2. The molecule has 180 valence electrons. The van der Waals surface area contributed by atoms with Gasteiger partial charge in [0.2, 0.25) is 11.8 Å². The van der Waals surface area contributed by atoms with Gasteiger partial charge in [-0.3, -0.25) is 19.7 Å². The molecule has 0 aromatic heterocycles. The van der Waals surface area contributed by atoms with Gasteiger partial charge in [0.1, 0.15) is 17.9 Å². The maximum atomic E-state index is 12.9. The summed E-state index contributed by atoms with van der Waals surface area (Å²) >= 11 is 0. The van der Waals surface area contributed by atoms with Crippen LogP contribution in [0.1, 0.15) is 73.7 Å². The zero-order valence-corrected chi connectivity index (χ0v) is 19.4. The van der Waals surface area contributed by atoms with E-state index in [1.807, 2.05) is 12.1 Å². The Morgan fingerprint density at radius 1 is 1.09 bits per heavy atom. The van der Waals surface area contributed by atoms with E-state index in [2.05, 4.69) is 16.7 Å². The average Bonchev–Trinajstić information content (AvgIpc) is 3.41. The maximum absolute atomic E-state index is 12.9. The highest BCUT2D eigenvalue weighted by Crippen LogP contribution is 2.33. The minimum absolute atomic E-state index is 0.0943. The van der Waals surface area contributed by atoms with Crippen LogP contribution in [-0.2, 0) is 16.1 Å². The van der Waals surface area contributed by atoms with Gasteiger partial charge in [0.15, 0.2) is 0 Å². The van der Waals surface area contributed by atoms with Gasteiger partial charge in [-0.25, -0.2) is 0 Å². The summed E-state index contributed by atoms with van der Waals surface area (Å²) in [7, 11) is 0. The smallest absolute Gasteiger partial charge is 0.255 e. The summed E-state index contributed by atoms with van der Waals surface area (Å²) in [6.45, 7) is 1.33. The first-order valence-electron chi connectivity index (χ1n) is 12.6. The van der Waals surface area contributed by atoms with E-state index in [0.29, 0.717) is 30.5 Å². The Morgan fingerprint density at radius 3 is 2.68 bits per heavy atom. The first kappa shape index (κ1) is 22.9. The lowest BCUT2D eigenvalue weighted by molar-refractivity contribution is -0.136. The van der Waals surface area contributed by atoms with Crippen molar-refractivity contribution in [2.24, 2.45) is 11.8 Å². The van der Waals surface area contributed by atoms with Crippen molar-refractivity contribution in [1.82, 2.24) is 15.5 Å². The highest BCUT2D eigenvalue weighted by Gasteiger charge is 2.39. The molecule has 3 amide bonds.